The zero-order valence-electron chi connectivity index (χ0n) is 23.9. The molecule has 9 nitrogen and oxygen atoms in total. The van der Waals surface area contributed by atoms with Crippen LogP contribution < -0.4 is 33.8 Å². The second-order valence-electron chi connectivity index (χ2n) is 9.15. The molecule has 42 heavy (non-hydrogen) atoms. The van der Waals surface area contributed by atoms with E-state index < -0.39 is 12.0 Å². The average Bonchev–Trinajstić information content (AvgIpc) is 3.34. The lowest BCUT2D eigenvalue weighted by atomic mass is 9.93. The molecule has 10 heteroatoms. The van der Waals surface area contributed by atoms with Crippen molar-refractivity contribution in [1.29, 1.82) is 0 Å². The molecule has 0 spiro atoms. The number of rotatable bonds is 9. The van der Waals surface area contributed by atoms with Crippen molar-refractivity contribution >= 4 is 29.1 Å². The van der Waals surface area contributed by atoms with Crippen LogP contribution in [0.1, 0.15) is 29.7 Å². The number of carbonyl (C=O) groups excluding carboxylic acids is 1. The van der Waals surface area contributed by atoms with Crippen LogP contribution in [0.3, 0.4) is 0 Å². The first-order chi connectivity index (χ1) is 20.4. The van der Waals surface area contributed by atoms with Gasteiger partial charge in [-0.05, 0) is 42.8 Å². The van der Waals surface area contributed by atoms with Gasteiger partial charge in [0.25, 0.3) is 5.56 Å². The summed E-state index contributed by atoms with van der Waals surface area (Å²) in [7, 11) is 6.22. The van der Waals surface area contributed by atoms with E-state index in [0.717, 1.165) is 5.56 Å². The maximum Gasteiger partial charge on any atom is 0.338 e. The quantitative estimate of drug-likeness (QED) is 0.274. The van der Waals surface area contributed by atoms with Gasteiger partial charge in [0.15, 0.2) is 16.3 Å². The molecule has 1 aliphatic heterocycles. The molecule has 0 fully saturated rings. The Morgan fingerprint density at radius 1 is 0.905 bits per heavy atom. The highest BCUT2D eigenvalue weighted by Gasteiger charge is 2.35. The molecule has 4 aromatic rings. The van der Waals surface area contributed by atoms with Crippen LogP contribution in [0.2, 0.25) is 0 Å². The number of ether oxygens (including phenoxy) is 5. The summed E-state index contributed by atoms with van der Waals surface area (Å²) in [4.78, 5) is 33.1. The highest BCUT2D eigenvalue weighted by Crippen LogP contribution is 2.38. The van der Waals surface area contributed by atoms with Crippen molar-refractivity contribution in [2.75, 3.05) is 35.0 Å². The van der Waals surface area contributed by atoms with Gasteiger partial charge in [0.05, 0.1) is 56.9 Å². The molecule has 3 aromatic carbocycles. The van der Waals surface area contributed by atoms with Gasteiger partial charge in [0.2, 0.25) is 0 Å². The van der Waals surface area contributed by atoms with Crippen molar-refractivity contribution in [2.45, 2.75) is 13.0 Å². The molecule has 0 amide bonds. The number of esters is 1. The number of benzene rings is 3. The molecule has 5 rings (SSSR count). The van der Waals surface area contributed by atoms with Gasteiger partial charge >= 0.3 is 5.97 Å². The normalized spacial score (nSPS) is 14.6. The molecule has 0 bridgehead atoms. The molecular weight excluding hydrogens is 556 g/mol. The van der Waals surface area contributed by atoms with Crippen LogP contribution in [0.25, 0.3) is 11.8 Å². The van der Waals surface area contributed by atoms with Crippen LogP contribution >= 0.6 is 11.3 Å². The standard InChI is InChI=1S/C32H30N2O7S/c1-6-41-31(36)27-28(19-10-8-7-9-11-19)33-32-34(29(27)21-13-15-23(38-3)25(16-21)40-5)30(35)26(42-32)17-20-12-14-22(37-2)18-24(20)39-4/h7-18,29H,6H2,1-5H3/b26-17-/t29-/m0/s1. The number of aromatic nitrogens is 1. The van der Waals surface area contributed by atoms with Gasteiger partial charge in [-0.25, -0.2) is 9.79 Å². The molecule has 216 valence electrons. The van der Waals surface area contributed by atoms with Crippen molar-refractivity contribution < 1.29 is 28.5 Å². The molecule has 0 N–H and O–H groups in total. The summed E-state index contributed by atoms with van der Waals surface area (Å²) in [6.45, 7) is 1.90. The summed E-state index contributed by atoms with van der Waals surface area (Å²) >= 11 is 1.23. The smallest absolute Gasteiger partial charge is 0.338 e. The number of fused-ring (bicyclic) bond motifs is 1. The van der Waals surface area contributed by atoms with Crippen LogP contribution in [-0.4, -0.2) is 45.6 Å². The number of nitrogens with zero attached hydrogens (tertiary/aromatic N) is 2. The van der Waals surface area contributed by atoms with Crippen molar-refractivity contribution in [3.8, 4) is 23.0 Å². The minimum Gasteiger partial charge on any atom is -0.497 e. The second kappa shape index (κ2) is 12.4. The van der Waals surface area contributed by atoms with E-state index in [1.807, 2.05) is 42.5 Å². The van der Waals surface area contributed by atoms with E-state index >= 15 is 0 Å². The Bertz CT molecular complexity index is 1840. The van der Waals surface area contributed by atoms with E-state index in [9.17, 15) is 9.59 Å². The summed E-state index contributed by atoms with van der Waals surface area (Å²) in [5.74, 6) is 1.59. The van der Waals surface area contributed by atoms with E-state index in [1.54, 1.807) is 58.6 Å². The Balaban J connectivity index is 1.83. The highest BCUT2D eigenvalue weighted by atomic mass is 32.1. The molecule has 0 radical (unpaired) electrons. The van der Waals surface area contributed by atoms with Crippen LogP contribution in [0.15, 0.2) is 82.1 Å². The van der Waals surface area contributed by atoms with Crippen LogP contribution in [0.4, 0.5) is 0 Å². The fourth-order valence-corrected chi connectivity index (χ4v) is 5.85. The molecular formula is C32H30N2O7S. The minimum absolute atomic E-state index is 0.157. The van der Waals surface area contributed by atoms with E-state index in [2.05, 4.69) is 0 Å². The second-order valence-corrected chi connectivity index (χ2v) is 10.2. The molecule has 0 aliphatic carbocycles. The molecule has 0 saturated heterocycles. The van der Waals surface area contributed by atoms with Crippen LogP contribution in [-0.2, 0) is 9.53 Å². The third kappa shape index (κ3) is 5.28. The van der Waals surface area contributed by atoms with Crippen molar-refractivity contribution in [2.24, 2.45) is 4.99 Å². The monoisotopic (exact) mass is 586 g/mol. The maximum atomic E-state index is 14.2. The van der Waals surface area contributed by atoms with Gasteiger partial charge < -0.3 is 23.7 Å². The summed E-state index contributed by atoms with van der Waals surface area (Å²) in [5.41, 5.74) is 2.42. The van der Waals surface area contributed by atoms with Gasteiger partial charge in [-0.15, -0.1) is 0 Å². The molecule has 0 saturated carbocycles. The summed E-state index contributed by atoms with van der Waals surface area (Å²) in [6.07, 6.45) is 1.75. The topological polar surface area (TPSA) is 97.6 Å². The molecule has 1 aliphatic rings. The Kier molecular flexibility index (Phi) is 8.44. The zero-order chi connectivity index (χ0) is 29.8. The number of carbonyl (C=O) groups is 1. The van der Waals surface area contributed by atoms with Crippen molar-refractivity contribution in [3.05, 3.63) is 109 Å². The third-order valence-electron chi connectivity index (χ3n) is 6.82. The van der Waals surface area contributed by atoms with Crippen molar-refractivity contribution in [3.63, 3.8) is 0 Å². The number of thiazole rings is 1. The Labute approximate surface area is 246 Å². The average molecular weight is 587 g/mol. The lowest BCUT2D eigenvalue weighted by molar-refractivity contribution is -0.138. The van der Waals surface area contributed by atoms with E-state index in [0.29, 0.717) is 49.2 Å². The van der Waals surface area contributed by atoms with Gasteiger partial charge in [0, 0.05) is 17.2 Å². The SMILES string of the molecule is CCOC(=O)C1=C(c2ccccc2)N=c2s/c(=C\c3ccc(OC)cc3OC)c(=O)n2[C@H]1c1ccc(OC)c(OC)c1. The lowest BCUT2D eigenvalue weighted by Gasteiger charge is -2.26. The first-order valence-electron chi connectivity index (χ1n) is 13.2. The Hall–Kier alpha value is -4.83. The minimum atomic E-state index is -0.852. The summed E-state index contributed by atoms with van der Waals surface area (Å²) in [6, 6.07) is 19.2. The van der Waals surface area contributed by atoms with Gasteiger partial charge in [-0.3, -0.25) is 9.36 Å². The summed E-state index contributed by atoms with van der Waals surface area (Å²) < 4.78 is 29.4. The largest absolute Gasteiger partial charge is 0.497 e. The predicted molar refractivity (Wildman–Crippen MR) is 160 cm³/mol. The number of methoxy groups -OCH3 is 4. The first-order valence-corrected chi connectivity index (χ1v) is 14.0. The predicted octanol–water partition coefficient (Wildman–Crippen LogP) is 3.97. The Morgan fingerprint density at radius 2 is 1.64 bits per heavy atom. The maximum absolute atomic E-state index is 14.2. The van der Waals surface area contributed by atoms with Crippen molar-refractivity contribution in [1.82, 2.24) is 4.57 Å². The first kappa shape index (κ1) is 28.7. The number of hydrogen-bond acceptors (Lipinski definition) is 9. The van der Waals surface area contributed by atoms with E-state index in [4.69, 9.17) is 28.7 Å². The third-order valence-corrected chi connectivity index (χ3v) is 7.81. The fourth-order valence-electron chi connectivity index (χ4n) is 4.86. The lowest BCUT2D eigenvalue weighted by Crippen LogP contribution is -2.40. The van der Waals surface area contributed by atoms with Crippen LogP contribution in [0.5, 0.6) is 23.0 Å². The van der Waals surface area contributed by atoms with E-state index in [-0.39, 0.29) is 17.7 Å². The van der Waals surface area contributed by atoms with E-state index in [1.165, 1.54) is 23.0 Å². The summed E-state index contributed by atoms with van der Waals surface area (Å²) in [5, 5.41) is 0. The highest BCUT2D eigenvalue weighted by molar-refractivity contribution is 7.07. The van der Waals surface area contributed by atoms with Gasteiger partial charge in [-0.1, -0.05) is 47.7 Å². The van der Waals surface area contributed by atoms with Gasteiger partial charge in [0.1, 0.15) is 11.5 Å². The number of hydrogen-bond donors (Lipinski definition) is 0. The Morgan fingerprint density at radius 3 is 2.31 bits per heavy atom. The molecule has 2 heterocycles. The molecule has 1 aromatic heterocycles. The van der Waals surface area contributed by atoms with Gasteiger partial charge in [-0.2, -0.15) is 0 Å². The molecule has 0 unspecified atom stereocenters. The fraction of sp³-hybridized carbons (Fsp3) is 0.219. The zero-order valence-corrected chi connectivity index (χ0v) is 24.7. The molecule has 1 atom stereocenters. The van der Waals surface area contributed by atoms with Crippen LogP contribution in [0, 0.1) is 0 Å².